The molecule has 4 heteroatoms. The van der Waals surface area contributed by atoms with E-state index in [1.54, 1.807) is 13.2 Å². The monoisotopic (exact) mass is 277 g/mol. The second-order valence-electron chi connectivity index (χ2n) is 5.39. The van der Waals surface area contributed by atoms with Crippen molar-refractivity contribution in [3.63, 3.8) is 0 Å². The third kappa shape index (κ3) is 3.20. The fourth-order valence-electron chi connectivity index (χ4n) is 2.89. The standard InChI is InChI=1S/C16H23NO3/c1-17-11-15(12-5-7-14(20-2)8-6-12)16(19)9-3-4-13(18)10-16/h3-8,13,15,17-19H,9-11H2,1-2H3. The second kappa shape index (κ2) is 6.39. The third-order valence-electron chi connectivity index (χ3n) is 3.97. The maximum Gasteiger partial charge on any atom is 0.118 e. The van der Waals surface area contributed by atoms with Crippen LogP contribution in [0.25, 0.3) is 0 Å². The quantitative estimate of drug-likeness (QED) is 0.713. The lowest BCUT2D eigenvalue weighted by Gasteiger charge is -2.39. The molecule has 4 nitrogen and oxygen atoms in total. The molecule has 0 aromatic heterocycles. The summed E-state index contributed by atoms with van der Waals surface area (Å²) in [5.41, 5.74) is 0.122. The molecule has 3 N–H and O–H groups in total. The van der Waals surface area contributed by atoms with Gasteiger partial charge in [0.15, 0.2) is 0 Å². The molecule has 0 radical (unpaired) electrons. The molecular formula is C16H23NO3. The van der Waals surface area contributed by atoms with E-state index in [4.69, 9.17) is 4.74 Å². The molecule has 1 aromatic carbocycles. The number of hydrogen-bond donors (Lipinski definition) is 3. The second-order valence-corrected chi connectivity index (χ2v) is 5.39. The van der Waals surface area contributed by atoms with Crippen molar-refractivity contribution >= 4 is 0 Å². The molecule has 0 heterocycles. The summed E-state index contributed by atoms with van der Waals surface area (Å²) in [6.45, 7) is 0.656. The maximum atomic E-state index is 10.9. The first-order valence-corrected chi connectivity index (χ1v) is 6.94. The van der Waals surface area contributed by atoms with E-state index in [1.165, 1.54) is 0 Å². The predicted molar refractivity (Wildman–Crippen MR) is 79.0 cm³/mol. The highest BCUT2D eigenvalue weighted by Crippen LogP contribution is 2.37. The molecule has 0 saturated heterocycles. The summed E-state index contributed by atoms with van der Waals surface area (Å²) >= 11 is 0. The van der Waals surface area contributed by atoms with Crippen LogP contribution in [-0.2, 0) is 0 Å². The molecule has 3 unspecified atom stereocenters. The molecule has 20 heavy (non-hydrogen) atoms. The largest absolute Gasteiger partial charge is 0.497 e. The molecule has 3 atom stereocenters. The lowest BCUT2D eigenvalue weighted by molar-refractivity contribution is -0.0261. The minimum absolute atomic E-state index is 0.0713. The molecule has 0 bridgehead atoms. The van der Waals surface area contributed by atoms with Crippen molar-refractivity contribution in [1.29, 1.82) is 0 Å². The number of hydrogen-bond acceptors (Lipinski definition) is 4. The van der Waals surface area contributed by atoms with Gasteiger partial charge in [-0.3, -0.25) is 0 Å². The lowest BCUT2D eigenvalue weighted by atomic mass is 9.74. The molecular weight excluding hydrogens is 254 g/mol. The average molecular weight is 277 g/mol. The molecule has 1 aliphatic carbocycles. The number of benzene rings is 1. The normalized spacial score (nSPS) is 27.3. The van der Waals surface area contributed by atoms with Crippen molar-refractivity contribution in [2.45, 2.75) is 30.5 Å². The van der Waals surface area contributed by atoms with Crippen molar-refractivity contribution in [2.75, 3.05) is 20.7 Å². The summed E-state index contributed by atoms with van der Waals surface area (Å²) in [7, 11) is 3.50. The van der Waals surface area contributed by atoms with Crippen LogP contribution in [0, 0.1) is 0 Å². The van der Waals surface area contributed by atoms with Crippen molar-refractivity contribution in [1.82, 2.24) is 5.32 Å². The number of methoxy groups -OCH3 is 1. The number of rotatable bonds is 5. The summed E-state index contributed by atoms with van der Waals surface area (Å²) in [6, 6.07) is 7.75. The van der Waals surface area contributed by atoms with Gasteiger partial charge in [0, 0.05) is 18.9 Å². The molecule has 0 amide bonds. The first-order valence-electron chi connectivity index (χ1n) is 6.94. The Morgan fingerprint density at radius 1 is 1.40 bits per heavy atom. The van der Waals surface area contributed by atoms with E-state index >= 15 is 0 Å². The van der Waals surface area contributed by atoms with Gasteiger partial charge in [0.2, 0.25) is 0 Å². The van der Waals surface area contributed by atoms with E-state index in [1.807, 2.05) is 37.4 Å². The predicted octanol–water partition coefficient (Wildman–Crippen LogP) is 1.44. The Balaban J connectivity index is 2.27. The average Bonchev–Trinajstić information content (AvgIpc) is 2.44. The van der Waals surface area contributed by atoms with E-state index in [9.17, 15) is 10.2 Å². The van der Waals surface area contributed by atoms with Crippen molar-refractivity contribution < 1.29 is 14.9 Å². The summed E-state index contributed by atoms with van der Waals surface area (Å²) in [6.07, 6.45) is 3.95. The van der Waals surface area contributed by atoms with Crippen LogP contribution in [0.4, 0.5) is 0 Å². The number of ether oxygens (including phenoxy) is 1. The Morgan fingerprint density at radius 3 is 2.65 bits per heavy atom. The molecule has 110 valence electrons. The SMILES string of the molecule is CNCC(c1ccc(OC)cc1)C1(O)CC=CC(O)C1. The van der Waals surface area contributed by atoms with Gasteiger partial charge >= 0.3 is 0 Å². The molecule has 0 fully saturated rings. The topological polar surface area (TPSA) is 61.7 Å². The lowest BCUT2D eigenvalue weighted by Crippen LogP contribution is -2.44. The van der Waals surface area contributed by atoms with Crippen LogP contribution < -0.4 is 10.1 Å². The zero-order valence-electron chi connectivity index (χ0n) is 12.0. The summed E-state index contributed by atoms with van der Waals surface area (Å²) in [5.74, 6) is 0.727. The minimum Gasteiger partial charge on any atom is -0.497 e. The van der Waals surface area contributed by atoms with Gasteiger partial charge in [-0.05, 0) is 31.2 Å². The third-order valence-corrected chi connectivity index (χ3v) is 3.97. The Morgan fingerprint density at radius 2 is 2.10 bits per heavy atom. The molecule has 1 aliphatic rings. The fraction of sp³-hybridized carbons (Fsp3) is 0.500. The number of aliphatic hydroxyl groups excluding tert-OH is 1. The Hall–Kier alpha value is -1.36. The van der Waals surface area contributed by atoms with Gasteiger partial charge in [-0.25, -0.2) is 0 Å². The first-order chi connectivity index (χ1) is 9.59. The van der Waals surface area contributed by atoms with Crippen LogP contribution in [0.1, 0.15) is 24.3 Å². The van der Waals surface area contributed by atoms with E-state index < -0.39 is 11.7 Å². The van der Waals surface area contributed by atoms with Crippen LogP contribution in [-0.4, -0.2) is 42.6 Å². The smallest absolute Gasteiger partial charge is 0.118 e. The van der Waals surface area contributed by atoms with Gasteiger partial charge in [0.05, 0.1) is 18.8 Å². The zero-order valence-corrected chi connectivity index (χ0v) is 12.0. The number of nitrogens with one attached hydrogen (secondary N) is 1. The van der Waals surface area contributed by atoms with Crippen LogP contribution in [0.2, 0.25) is 0 Å². The van der Waals surface area contributed by atoms with Crippen molar-refractivity contribution in [3.05, 3.63) is 42.0 Å². The van der Waals surface area contributed by atoms with Crippen molar-refractivity contribution in [3.8, 4) is 5.75 Å². The van der Waals surface area contributed by atoms with Gasteiger partial charge in [0.25, 0.3) is 0 Å². The zero-order chi connectivity index (χ0) is 14.6. The molecule has 0 spiro atoms. The number of aliphatic hydroxyl groups is 2. The molecule has 0 aliphatic heterocycles. The summed E-state index contributed by atoms with van der Waals surface area (Å²) in [5, 5.41) is 23.9. The van der Waals surface area contributed by atoms with Gasteiger partial charge in [-0.15, -0.1) is 0 Å². The van der Waals surface area contributed by atoms with Crippen LogP contribution in [0.3, 0.4) is 0 Å². The van der Waals surface area contributed by atoms with Gasteiger partial charge in [0.1, 0.15) is 5.75 Å². The van der Waals surface area contributed by atoms with Crippen LogP contribution in [0.5, 0.6) is 5.75 Å². The molecule has 2 rings (SSSR count). The fourth-order valence-corrected chi connectivity index (χ4v) is 2.89. The van der Waals surface area contributed by atoms with E-state index in [2.05, 4.69) is 5.32 Å². The van der Waals surface area contributed by atoms with Crippen LogP contribution >= 0.6 is 0 Å². The van der Waals surface area contributed by atoms with Gasteiger partial charge in [-0.2, -0.15) is 0 Å². The van der Waals surface area contributed by atoms with Gasteiger partial charge < -0.3 is 20.3 Å². The minimum atomic E-state index is -0.925. The highest BCUT2D eigenvalue weighted by atomic mass is 16.5. The first kappa shape index (κ1) is 15.0. The Bertz CT molecular complexity index is 457. The summed E-state index contributed by atoms with van der Waals surface area (Å²) in [4.78, 5) is 0. The maximum absolute atomic E-state index is 10.9. The van der Waals surface area contributed by atoms with E-state index in [0.717, 1.165) is 11.3 Å². The summed E-state index contributed by atoms with van der Waals surface area (Å²) < 4.78 is 5.17. The highest BCUT2D eigenvalue weighted by Gasteiger charge is 2.39. The van der Waals surface area contributed by atoms with Crippen LogP contribution in [0.15, 0.2) is 36.4 Å². The van der Waals surface area contributed by atoms with Crippen molar-refractivity contribution in [2.24, 2.45) is 0 Å². The Labute approximate surface area is 120 Å². The van der Waals surface area contributed by atoms with E-state index in [0.29, 0.717) is 19.4 Å². The Kier molecular flexibility index (Phi) is 4.81. The molecule has 1 aromatic rings. The molecule has 0 saturated carbocycles. The number of likely N-dealkylation sites (N-methyl/N-ethyl adjacent to an activating group) is 1. The van der Waals surface area contributed by atoms with Gasteiger partial charge in [-0.1, -0.05) is 24.3 Å². The van der Waals surface area contributed by atoms with E-state index in [-0.39, 0.29) is 5.92 Å². The highest BCUT2D eigenvalue weighted by molar-refractivity contribution is 5.32.